The van der Waals surface area contributed by atoms with Crippen LogP contribution in [0, 0.1) is 0 Å². The number of methoxy groups -OCH3 is 1. The lowest BCUT2D eigenvalue weighted by molar-refractivity contribution is -0.120. The van der Waals surface area contributed by atoms with Crippen molar-refractivity contribution in [1.82, 2.24) is 5.32 Å². The van der Waals surface area contributed by atoms with E-state index in [2.05, 4.69) is 5.32 Å². The molecule has 17 heavy (non-hydrogen) atoms. The van der Waals surface area contributed by atoms with E-state index in [9.17, 15) is 9.59 Å². The molecule has 1 heterocycles. The van der Waals surface area contributed by atoms with Crippen molar-refractivity contribution in [2.24, 2.45) is 0 Å². The second-order valence-corrected chi connectivity index (χ2v) is 3.71. The van der Waals surface area contributed by atoms with Crippen LogP contribution >= 0.6 is 0 Å². The van der Waals surface area contributed by atoms with Crippen LogP contribution < -0.4 is 14.8 Å². The van der Waals surface area contributed by atoms with E-state index in [0.717, 1.165) is 0 Å². The third-order valence-corrected chi connectivity index (χ3v) is 2.57. The van der Waals surface area contributed by atoms with Crippen LogP contribution in [0.1, 0.15) is 23.2 Å². The van der Waals surface area contributed by atoms with Gasteiger partial charge in [0, 0.05) is 12.8 Å². The Balaban J connectivity index is 2.23. The van der Waals surface area contributed by atoms with E-state index in [4.69, 9.17) is 9.47 Å². The molecule has 1 saturated heterocycles. The number of carbonyl (C=O) groups excluding carboxylic acids is 2. The van der Waals surface area contributed by atoms with Crippen molar-refractivity contribution in [2.45, 2.75) is 19.1 Å². The van der Waals surface area contributed by atoms with E-state index in [1.807, 2.05) is 0 Å². The third kappa shape index (κ3) is 2.38. The van der Waals surface area contributed by atoms with Crippen molar-refractivity contribution in [1.29, 1.82) is 0 Å². The maximum Gasteiger partial charge on any atom is 0.223 e. The molecule has 1 atom stereocenters. The van der Waals surface area contributed by atoms with Crippen LogP contribution in [0.5, 0.6) is 11.5 Å². The average Bonchev–Trinajstić information content (AvgIpc) is 2.75. The highest BCUT2D eigenvalue weighted by atomic mass is 16.5. The van der Waals surface area contributed by atoms with Gasteiger partial charge in [-0.25, -0.2) is 0 Å². The molecule has 5 nitrogen and oxygen atoms in total. The minimum absolute atomic E-state index is 0.0439. The first-order valence-corrected chi connectivity index (χ1v) is 5.33. The van der Waals surface area contributed by atoms with E-state index in [-0.39, 0.29) is 5.91 Å². The first kappa shape index (κ1) is 11.4. The van der Waals surface area contributed by atoms with Gasteiger partial charge in [0.05, 0.1) is 12.7 Å². The Morgan fingerprint density at radius 3 is 2.88 bits per heavy atom. The normalized spacial score (nSPS) is 18.6. The Labute approximate surface area is 98.7 Å². The van der Waals surface area contributed by atoms with Crippen LogP contribution in [-0.2, 0) is 4.79 Å². The molecule has 0 aliphatic carbocycles. The number of carbonyl (C=O) groups is 2. The van der Waals surface area contributed by atoms with Crippen molar-refractivity contribution in [3.05, 3.63) is 23.8 Å². The summed E-state index contributed by atoms with van der Waals surface area (Å²) in [6.45, 7) is 0. The maximum atomic E-state index is 11.1. The molecule has 5 heteroatoms. The minimum Gasteiger partial charge on any atom is -0.493 e. The Bertz CT molecular complexity index is 444. The van der Waals surface area contributed by atoms with Gasteiger partial charge in [-0.1, -0.05) is 6.07 Å². The van der Waals surface area contributed by atoms with Crippen LogP contribution in [0.4, 0.5) is 0 Å². The lowest BCUT2D eigenvalue weighted by Crippen LogP contribution is -2.30. The Morgan fingerprint density at radius 1 is 1.47 bits per heavy atom. The Hall–Kier alpha value is -2.04. The minimum atomic E-state index is -0.391. The number of nitrogens with one attached hydrogen (secondary N) is 1. The number of rotatable bonds is 4. The standard InChI is InChI=1S/C12H13NO4/c1-16-9-4-2-3-8(7-14)12(9)17-11-6-5-10(15)13-11/h2-4,7,11H,5-6H2,1H3,(H,13,15). The summed E-state index contributed by atoms with van der Waals surface area (Å²) in [5, 5.41) is 2.67. The SMILES string of the molecule is COc1cccc(C=O)c1OC1CCC(=O)N1. The number of para-hydroxylation sites is 1. The van der Waals surface area contributed by atoms with E-state index in [1.165, 1.54) is 7.11 Å². The number of hydrogen-bond donors (Lipinski definition) is 1. The molecule has 0 radical (unpaired) electrons. The molecule has 1 aliphatic heterocycles. The first-order valence-electron chi connectivity index (χ1n) is 5.33. The van der Waals surface area contributed by atoms with Gasteiger partial charge < -0.3 is 14.8 Å². The summed E-state index contributed by atoms with van der Waals surface area (Å²) in [5.41, 5.74) is 0.408. The van der Waals surface area contributed by atoms with Gasteiger partial charge in [-0.2, -0.15) is 0 Å². The van der Waals surface area contributed by atoms with E-state index >= 15 is 0 Å². The molecule has 1 aromatic rings. The average molecular weight is 235 g/mol. The van der Waals surface area contributed by atoms with Gasteiger partial charge in [0.2, 0.25) is 5.91 Å². The van der Waals surface area contributed by atoms with Gasteiger partial charge in [0.25, 0.3) is 0 Å². The van der Waals surface area contributed by atoms with Crippen molar-refractivity contribution in [3.8, 4) is 11.5 Å². The van der Waals surface area contributed by atoms with Gasteiger partial charge in [0.15, 0.2) is 24.0 Å². The van der Waals surface area contributed by atoms with Crippen molar-refractivity contribution < 1.29 is 19.1 Å². The number of aldehydes is 1. The fraction of sp³-hybridized carbons (Fsp3) is 0.333. The summed E-state index contributed by atoms with van der Waals surface area (Å²) in [4.78, 5) is 22.0. The molecule has 2 rings (SSSR count). The largest absolute Gasteiger partial charge is 0.493 e. The highest BCUT2D eigenvalue weighted by molar-refractivity contribution is 5.81. The zero-order valence-corrected chi connectivity index (χ0v) is 9.43. The van der Waals surface area contributed by atoms with Crippen molar-refractivity contribution in [3.63, 3.8) is 0 Å². The number of benzene rings is 1. The quantitative estimate of drug-likeness (QED) is 0.794. The summed E-state index contributed by atoms with van der Waals surface area (Å²) in [6, 6.07) is 5.06. The van der Waals surface area contributed by atoms with Gasteiger partial charge >= 0.3 is 0 Å². The molecule has 0 spiro atoms. The van der Waals surface area contributed by atoms with Crippen LogP contribution in [-0.4, -0.2) is 25.5 Å². The Kier molecular flexibility index (Phi) is 3.27. The smallest absolute Gasteiger partial charge is 0.223 e. The summed E-state index contributed by atoms with van der Waals surface area (Å²) in [5.74, 6) is 0.811. The third-order valence-electron chi connectivity index (χ3n) is 2.57. The Morgan fingerprint density at radius 2 is 2.29 bits per heavy atom. The molecule has 0 saturated carbocycles. The fourth-order valence-corrected chi connectivity index (χ4v) is 1.73. The molecule has 1 amide bonds. The highest BCUT2D eigenvalue weighted by Gasteiger charge is 2.24. The number of amides is 1. The van der Waals surface area contributed by atoms with E-state index < -0.39 is 6.23 Å². The molecule has 1 N–H and O–H groups in total. The molecule has 1 fully saturated rings. The zero-order chi connectivity index (χ0) is 12.3. The lowest BCUT2D eigenvalue weighted by Gasteiger charge is -2.17. The second kappa shape index (κ2) is 4.86. The molecule has 1 aromatic carbocycles. The van der Waals surface area contributed by atoms with Crippen LogP contribution in [0.25, 0.3) is 0 Å². The van der Waals surface area contributed by atoms with Crippen LogP contribution in [0.3, 0.4) is 0 Å². The monoisotopic (exact) mass is 235 g/mol. The van der Waals surface area contributed by atoms with E-state index in [1.54, 1.807) is 18.2 Å². The predicted molar refractivity (Wildman–Crippen MR) is 60.2 cm³/mol. The zero-order valence-electron chi connectivity index (χ0n) is 9.43. The number of hydrogen-bond acceptors (Lipinski definition) is 4. The summed E-state index contributed by atoms with van der Waals surface area (Å²) >= 11 is 0. The molecule has 1 unspecified atom stereocenters. The van der Waals surface area contributed by atoms with Crippen molar-refractivity contribution >= 4 is 12.2 Å². The maximum absolute atomic E-state index is 11.1. The molecule has 0 aromatic heterocycles. The summed E-state index contributed by atoms with van der Waals surface area (Å²) in [6.07, 6.45) is 1.34. The van der Waals surface area contributed by atoms with Crippen molar-refractivity contribution in [2.75, 3.05) is 7.11 Å². The topological polar surface area (TPSA) is 64.6 Å². The number of ether oxygens (including phenoxy) is 2. The molecule has 1 aliphatic rings. The second-order valence-electron chi connectivity index (χ2n) is 3.71. The molecular weight excluding hydrogens is 222 g/mol. The summed E-state index contributed by atoms with van der Waals surface area (Å²) in [7, 11) is 1.50. The predicted octanol–water partition coefficient (Wildman–Crippen LogP) is 1.12. The highest BCUT2D eigenvalue weighted by Crippen LogP contribution is 2.31. The van der Waals surface area contributed by atoms with Crippen LogP contribution in [0.2, 0.25) is 0 Å². The van der Waals surface area contributed by atoms with Gasteiger partial charge in [-0.15, -0.1) is 0 Å². The van der Waals surface area contributed by atoms with E-state index in [0.29, 0.717) is 36.2 Å². The molecule has 90 valence electrons. The van der Waals surface area contributed by atoms with Gasteiger partial charge in [-0.3, -0.25) is 9.59 Å². The summed E-state index contributed by atoms with van der Waals surface area (Å²) < 4.78 is 10.7. The molecular formula is C12H13NO4. The first-order chi connectivity index (χ1) is 8.24. The van der Waals surface area contributed by atoms with Crippen LogP contribution in [0.15, 0.2) is 18.2 Å². The fourth-order valence-electron chi connectivity index (χ4n) is 1.73. The van der Waals surface area contributed by atoms with Gasteiger partial charge in [0.1, 0.15) is 0 Å². The lowest BCUT2D eigenvalue weighted by atomic mass is 10.2. The van der Waals surface area contributed by atoms with Gasteiger partial charge in [-0.05, 0) is 12.1 Å². The molecule has 0 bridgehead atoms.